The Bertz CT molecular complexity index is 744. The third-order valence-electron chi connectivity index (χ3n) is 3.51. The quantitative estimate of drug-likeness (QED) is 0.666. The number of benzene rings is 2. The van der Waals surface area contributed by atoms with Crippen molar-refractivity contribution in [3.05, 3.63) is 77.4 Å². The fourth-order valence-electron chi connectivity index (χ4n) is 2.55. The van der Waals surface area contributed by atoms with Gasteiger partial charge in [0.2, 0.25) is 0 Å². The molecular weight excluding hydrogens is 244 g/mol. The summed E-state index contributed by atoms with van der Waals surface area (Å²) >= 11 is 0. The van der Waals surface area contributed by atoms with E-state index >= 15 is 0 Å². The van der Waals surface area contributed by atoms with Gasteiger partial charge in [0.25, 0.3) is 0 Å². The SMILES string of the molecule is CC(C)=C/C=C1\C(=O)c2ccccc2-c2ccccc21. The number of fused-ring (bicyclic) bond motifs is 3. The molecule has 0 unspecified atom stereocenters. The standard InChI is InChI=1S/C19H16O/c1-13(2)11-12-18-16-9-4-3-7-14(16)15-8-5-6-10-17(15)19(18)20/h3-12H,1-2H3/b18-12-. The summed E-state index contributed by atoms with van der Waals surface area (Å²) in [4.78, 5) is 12.7. The number of hydrogen-bond acceptors (Lipinski definition) is 1. The molecule has 2 aromatic rings. The van der Waals surface area contributed by atoms with Gasteiger partial charge >= 0.3 is 0 Å². The van der Waals surface area contributed by atoms with Gasteiger partial charge in [-0.25, -0.2) is 0 Å². The molecule has 98 valence electrons. The lowest BCUT2D eigenvalue weighted by Gasteiger charge is -2.21. The lowest BCUT2D eigenvalue weighted by molar-refractivity contribution is 0.105. The van der Waals surface area contributed by atoms with E-state index in [9.17, 15) is 4.79 Å². The molecule has 0 aromatic heterocycles. The Labute approximate surface area is 119 Å². The van der Waals surface area contributed by atoms with Crippen LogP contribution in [0.2, 0.25) is 0 Å². The number of rotatable bonds is 1. The average Bonchev–Trinajstić information content (AvgIpc) is 2.47. The van der Waals surface area contributed by atoms with Crippen LogP contribution in [0, 0.1) is 0 Å². The van der Waals surface area contributed by atoms with Crippen LogP contribution in [0.4, 0.5) is 0 Å². The largest absolute Gasteiger partial charge is 0.289 e. The number of carbonyl (C=O) groups is 1. The molecular formula is C19H16O. The van der Waals surface area contributed by atoms with Gasteiger partial charge in [0, 0.05) is 11.1 Å². The van der Waals surface area contributed by atoms with Crippen LogP contribution in [0.1, 0.15) is 29.8 Å². The highest BCUT2D eigenvalue weighted by molar-refractivity contribution is 6.34. The van der Waals surface area contributed by atoms with E-state index < -0.39 is 0 Å². The molecule has 0 radical (unpaired) electrons. The maximum absolute atomic E-state index is 12.7. The lowest BCUT2D eigenvalue weighted by Crippen LogP contribution is -2.11. The van der Waals surface area contributed by atoms with Crippen molar-refractivity contribution in [2.45, 2.75) is 13.8 Å². The Kier molecular flexibility index (Phi) is 3.11. The Morgan fingerprint density at radius 3 is 1.90 bits per heavy atom. The second-order valence-corrected chi connectivity index (χ2v) is 5.24. The van der Waals surface area contributed by atoms with Crippen LogP contribution < -0.4 is 0 Å². The summed E-state index contributed by atoms with van der Waals surface area (Å²) in [7, 11) is 0. The van der Waals surface area contributed by atoms with E-state index in [1.807, 2.05) is 68.5 Å². The van der Waals surface area contributed by atoms with E-state index in [0.717, 1.165) is 27.8 Å². The van der Waals surface area contributed by atoms with Crippen molar-refractivity contribution in [3.63, 3.8) is 0 Å². The summed E-state index contributed by atoms with van der Waals surface area (Å²) in [6.45, 7) is 4.06. The van der Waals surface area contributed by atoms with Crippen LogP contribution in [0.3, 0.4) is 0 Å². The van der Waals surface area contributed by atoms with Crippen LogP contribution in [0.15, 0.2) is 66.3 Å². The van der Waals surface area contributed by atoms with Gasteiger partial charge in [-0.1, -0.05) is 66.3 Å². The lowest BCUT2D eigenvalue weighted by atomic mass is 9.81. The van der Waals surface area contributed by atoms with E-state index in [4.69, 9.17) is 0 Å². The van der Waals surface area contributed by atoms with Gasteiger partial charge in [-0.2, -0.15) is 0 Å². The second kappa shape index (κ2) is 4.93. The molecule has 0 saturated heterocycles. The molecule has 3 rings (SSSR count). The summed E-state index contributed by atoms with van der Waals surface area (Å²) in [5.41, 5.74) is 5.94. The highest BCUT2D eigenvalue weighted by Crippen LogP contribution is 2.38. The van der Waals surface area contributed by atoms with E-state index in [-0.39, 0.29) is 5.78 Å². The molecule has 0 N–H and O–H groups in total. The molecule has 0 spiro atoms. The molecule has 2 aromatic carbocycles. The molecule has 1 aliphatic rings. The Morgan fingerprint density at radius 1 is 0.800 bits per heavy atom. The van der Waals surface area contributed by atoms with Crippen LogP contribution >= 0.6 is 0 Å². The predicted octanol–water partition coefficient (Wildman–Crippen LogP) is 4.90. The highest BCUT2D eigenvalue weighted by atomic mass is 16.1. The van der Waals surface area contributed by atoms with Crippen molar-refractivity contribution in [2.24, 2.45) is 0 Å². The zero-order valence-electron chi connectivity index (χ0n) is 11.7. The maximum atomic E-state index is 12.7. The first-order chi connectivity index (χ1) is 9.68. The number of carbonyl (C=O) groups excluding carboxylic acids is 1. The first-order valence-electron chi connectivity index (χ1n) is 6.77. The Morgan fingerprint density at radius 2 is 1.30 bits per heavy atom. The highest BCUT2D eigenvalue weighted by Gasteiger charge is 2.25. The summed E-state index contributed by atoms with van der Waals surface area (Å²) in [6, 6.07) is 15.9. The van der Waals surface area contributed by atoms with Gasteiger partial charge in [-0.05, 0) is 30.5 Å². The molecule has 0 saturated carbocycles. The number of Topliss-reactive ketones (excluding diaryl/α,β-unsaturated/α-hetero) is 1. The monoisotopic (exact) mass is 260 g/mol. The van der Waals surface area contributed by atoms with Gasteiger partial charge in [-0.3, -0.25) is 4.79 Å². The third-order valence-corrected chi connectivity index (χ3v) is 3.51. The number of hydrogen-bond donors (Lipinski definition) is 0. The zero-order valence-corrected chi connectivity index (χ0v) is 11.7. The summed E-state index contributed by atoms with van der Waals surface area (Å²) in [6.07, 6.45) is 3.93. The van der Waals surface area contributed by atoms with Gasteiger partial charge in [-0.15, -0.1) is 0 Å². The molecule has 1 aliphatic carbocycles. The molecule has 0 bridgehead atoms. The minimum absolute atomic E-state index is 0.108. The van der Waals surface area contributed by atoms with Crippen LogP contribution in [0.25, 0.3) is 16.7 Å². The second-order valence-electron chi connectivity index (χ2n) is 5.24. The fraction of sp³-hybridized carbons (Fsp3) is 0.105. The Balaban J connectivity index is 2.29. The van der Waals surface area contributed by atoms with Crippen LogP contribution in [-0.2, 0) is 0 Å². The van der Waals surface area contributed by atoms with Crippen molar-refractivity contribution >= 4 is 11.4 Å². The average molecular weight is 260 g/mol. The minimum Gasteiger partial charge on any atom is -0.289 e. The van der Waals surface area contributed by atoms with Crippen molar-refractivity contribution < 1.29 is 4.79 Å². The van der Waals surface area contributed by atoms with Gasteiger partial charge in [0.1, 0.15) is 0 Å². The summed E-state index contributed by atoms with van der Waals surface area (Å²) < 4.78 is 0. The molecule has 0 atom stereocenters. The molecule has 0 fully saturated rings. The van der Waals surface area contributed by atoms with Gasteiger partial charge in [0.15, 0.2) is 5.78 Å². The number of ketones is 1. The third kappa shape index (κ3) is 2.01. The minimum atomic E-state index is 0.108. The maximum Gasteiger partial charge on any atom is 0.194 e. The topological polar surface area (TPSA) is 17.1 Å². The molecule has 0 heterocycles. The first kappa shape index (κ1) is 12.6. The van der Waals surface area contributed by atoms with Gasteiger partial charge < -0.3 is 0 Å². The fourth-order valence-corrected chi connectivity index (χ4v) is 2.55. The molecule has 1 heteroatoms. The van der Waals surface area contributed by atoms with Crippen molar-refractivity contribution in [1.29, 1.82) is 0 Å². The Hall–Kier alpha value is -2.41. The molecule has 0 amide bonds. The van der Waals surface area contributed by atoms with Crippen molar-refractivity contribution in [1.82, 2.24) is 0 Å². The van der Waals surface area contributed by atoms with Crippen LogP contribution in [0.5, 0.6) is 0 Å². The van der Waals surface area contributed by atoms with Crippen molar-refractivity contribution in [3.8, 4) is 11.1 Å². The molecule has 1 nitrogen and oxygen atoms in total. The number of allylic oxidation sites excluding steroid dienone is 4. The van der Waals surface area contributed by atoms with E-state index in [1.165, 1.54) is 5.57 Å². The predicted molar refractivity (Wildman–Crippen MR) is 83.6 cm³/mol. The zero-order chi connectivity index (χ0) is 14.1. The molecule has 0 aliphatic heterocycles. The van der Waals surface area contributed by atoms with E-state index in [2.05, 4.69) is 6.07 Å². The first-order valence-corrected chi connectivity index (χ1v) is 6.77. The van der Waals surface area contributed by atoms with Crippen LogP contribution in [-0.4, -0.2) is 5.78 Å². The summed E-state index contributed by atoms with van der Waals surface area (Å²) in [5.74, 6) is 0.108. The van der Waals surface area contributed by atoms with Crippen molar-refractivity contribution in [2.75, 3.05) is 0 Å². The summed E-state index contributed by atoms with van der Waals surface area (Å²) in [5, 5.41) is 0. The smallest absolute Gasteiger partial charge is 0.194 e. The van der Waals surface area contributed by atoms with E-state index in [0.29, 0.717) is 0 Å². The normalized spacial score (nSPS) is 14.7. The van der Waals surface area contributed by atoms with Gasteiger partial charge in [0.05, 0.1) is 0 Å². The molecule has 20 heavy (non-hydrogen) atoms. The van der Waals surface area contributed by atoms with E-state index in [1.54, 1.807) is 0 Å².